The number of hydrogen-bond donors (Lipinski definition) is 0. The van der Waals surface area contributed by atoms with Crippen molar-refractivity contribution < 1.29 is 41.1 Å². The molecule has 0 radical (unpaired) electrons. The smallest absolute Gasteiger partial charge is 0.323 e. The number of carbonyl (C=O) groups is 1. The Hall–Kier alpha value is -1.58. The number of hydrogen-bond acceptors (Lipinski definition) is 4. The van der Waals surface area contributed by atoms with Gasteiger partial charge in [-0.05, 0) is 55.7 Å². The standard InChI is InChI=1S/C17H23FO3S.5FH/c1-2-3-12-20-16-10-8-14(9-11-16)13-4-6-15(7-5-13)17(19)21-22-18;;;;;/h8-11,13,15H,2-7,12H2,1H3;5*1H. The van der Waals surface area contributed by atoms with Crippen LogP contribution in [0.5, 0.6) is 5.75 Å². The molecule has 0 aromatic heterocycles. The van der Waals surface area contributed by atoms with Gasteiger partial charge in [0.15, 0.2) is 0 Å². The van der Waals surface area contributed by atoms with E-state index < -0.39 is 5.97 Å². The van der Waals surface area contributed by atoms with Gasteiger partial charge in [-0.1, -0.05) is 25.5 Å². The Morgan fingerprint density at radius 3 is 2.07 bits per heavy atom. The maximum Gasteiger partial charge on any atom is 0.323 e. The van der Waals surface area contributed by atoms with Crippen LogP contribution >= 0.6 is 12.4 Å². The predicted molar refractivity (Wildman–Crippen MR) is 98.9 cm³/mol. The summed E-state index contributed by atoms with van der Waals surface area (Å²) in [4.78, 5) is 11.5. The van der Waals surface area contributed by atoms with Gasteiger partial charge in [-0.3, -0.25) is 28.3 Å². The summed E-state index contributed by atoms with van der Waals surface area (Å²) in [7, 11) is 0. The van der Waals surface area contributed by atoms with E-state index in [4.69, 9.17) is 4.74 Å². The van der Waals surface area contributed by atoms with Crippen LogP contribution in [0.3, 0.4) is 0 Å². The molecule has 1 aliphatic carbocycles. The van der Waals surface area contributed by atoms with Crippen LogP contribution in [0.4, 0.5) is 27.4 Å². The quantitative estimate of drug-likeness (QED) is 0.305. The summed E-state index contributed by atoms with van der Waals surface area (Å²) in [5.74, 6) is 0.794. The monoisotopic (exact) mass is 426 g/mol. The first kappa shape index (κ1) is 33.0. The zero-order chi connectivity index (χ0) is 15.8. The lowest BCUT2D eigenvalue weighted by molar-refractivity contribution is -0.138. The molecule has 0 unspecified atom stereocenters. The van der Waals surface area contributed by atoms with Crippen LogP contribution < -0.4 is 4.74 Å². The second-order valence-electron chi connectivity index (χ2n) is 5.78. The van der Waals surface area contributed by atoms with Crippen molar-refractivity contribution in [3.63, 3.8) is 0 Å². The molecular weight excluding hydrogens is 398 g/mol. The van der Waals surface area contributed by atoms with Gasteiger partial charge in [0.05, 0.1) is 12.5 Å². The Balaban J connectivity index is -0.000000529. The molecule has 1 saturated carbocycles. The molecular formula is C17H28F6O3S. The maximum atomic E-state index is 12.0. The molecule has 0 bridgehead atoms. The lowest BCUT2D eigenvalue weighted by Crippen LogP contribution is -2.21. The topological polar surface area (TPSA) is 35.5 Å². The van der Waals surface area contributed by atoms with Crippen molar-refractivity contribution in [2.75, 3.05) is 6.61 Å². The molecule has 0 N–H and O–H groups in total. The van der Waals surface area contributed by atoms with Crippen molar-refractivity contribution in [3.05, 3.63) is 29.8 Å². The number of rotatable bonds is 7. The maximum absolute atomic E-state index is 12.0. The second kappa shape index (κ2) is 17.8. The fraction of sp³-hybridized carbons (Fsp3) is 0.588. The minimum absolute atomic E-state index is 0. The Morgan fingerprint density at radius 2 is 1.59 bits per heavy atom. The van der Waals surface area contributed by atoms with Crippen molar-refractivity contribution in [2.45, 2.75) is 51.4 Å². The third-order valence-corrected chi connectivity index (χ3v) is 4.52. The molecule has 27 heavy (non-hydrogen) atoms. The molecule has 1 fully saturated rings. The minimum atomic E-state index is -0.425. The number of unbranched alkanes of at least 4 members (excludes halogenated alkanes) is 1. The SMILES string of the molecule is CCCCOc1ccc(C2CCC(C(=O)OSF)CC2)cc1.F.F.F.F.F. The van der Waals surface area contributed by atoms with Gasteiger partial charge < -0.3 is 8.92 Å². The van der Waals surface area contributed by atoms with E-state index in [1.807, 2.05) is 12.1 Å². The highest BCUT2D eigenvalue weighted by atomic mass is 32.2. The average molecular weight is 426 g/mol. The van der Waals surface area contributed by atoms with E-state index in [0.717, 1.165) is 50.9 Å². The Kier molecular flexibility index (Phi) is 21.8. The first-order valence-corrected chi connectivity index (χ1v) is 8.60. The van der Waals surface area contributed by atoms with Crippen LogP contribution in [0.2, 0.25) is 0 Å². The molecule has 1 aromatic rings. The predicted octanol–water partition coefficient (Wildman–Crippen LogP) is 5.98. The first-order chi connectivity index (χ1) is 10.7. The van der Waals surface area contributed by atoms with E-state index in [0.29, 0.717) is 5.92 Å². The minimum Gasteiger partial charge on any atom is -0.494 e. The number of carbonyl (C=O) groups excluding carboxylic acids is 1. The lowest BCUT2D eigenvalue weighted by Gasteiger charge is -2.27. The van der Waals surface area contributed by atoms with Crippen molar-refractivity contribution >= 4 is 18.4 Å². The van der Waals surface area contributed by atoms with Gasteiger partial charge >= 0.3 is 5.97 Å². The second-order valence-corrected chi connectivity index (χ2v) is 6.08. The van der Waals surface area contributed by atoms with Crippen LogP contribution in [0.15, 0.2) is 24.3 Å². The van der Waals surface area contributed by atoms with Crippen LogP contribution in [-0.4, -0.2) is 12.6 Å². The highest BCUT2D eigenvalue weighted by Crippen LogP contribution is 2.37. The largest absolute Gasteiger partial charge is 0.494 e. The lowest BCUT2D eigenvalue weighted by atomic mass is 9.79. The molecule has 10 heteroatoms. The zero-order valence-electron chi connectivity index (χ0n) is 15.0. The van der Waals surface area contributed by atoms with E-state index in [1.165, 1.54) is 5.56 Å². The highest BCUT2D eigenvalue weighted by molar-refractivity contribution is 7.89. The molecule has 0 amide bonds. The van der Waals surface area contributed by atoms with Crippen LogP contribution in [0.25, 0.3) is 0 Å². The van der Waals surface area contributed by atoms with Crippen LogP contribution in [0, 0.1) is 5.92 Å². The molecule has 0 heterocycles. The van der Waals surface area contributed by atoms with Crippen molar-refractivity contribution in [1.82, 2.24) is 0 Å². The number of ether oxygens (including phenoxy) is 1. The summed E-state index contributed by atoms with van der Waals surface area (Å²) < 4.78 is 22.0. The van der Waals surface area contributed by atoms with Gasteiger partial charge in [-0.2, -0.15) is 0 Å². The van der Waals surface area contributed by atoms with E-state index in [9.17, 15) is 8.68 Å². The van der Waals surface area contributed by atoms with Gasteiger partial charge in [0, 0.05) is 0 Å². The molecule has 1 aliphatic rings. The Bertz CT molecular complexity index is 470. The van der Waals surface area contributed by atoms with E-state index in [2.05, 4.69) is 23.2 Å². The van der Waals surface area contributed by atoms with Crippen LogP contribution in [0.1, 0.15) is 56.9 Å². The number of halogens is 6. The Labute approximate surface area is 159 Å². The van der Waals surface area contributed by atoms with Gasteiger partial charge in [-0.25, -0.2) is 0 Å². The molecule has 1 aromatic carbocycles. The molecule has 0 atom stereocenters. The summed E-state index contributed by atoms with van der Waals surface area (Å²) in [5.41, 5.74) is 1.29. The van der Waals surface area contributed by atoms with E-state index in [1.54, 1.807) is 0 Å². The summed E-state index contributed by atoms with van der Waals surface area (Å²) >= 11 is -0.353. The molecule has 0 aliphatic heterocycles. The summed E-state index contributed by atoms with van der Waals surface area (Å²) in [6.07, 6.45) is 5.60. The van der Waals surface area contributed by atoms with Crippen molar-refractivity contribution in [1.29, 1.82) is 0 Å². The summed E-state index contributed by atoms with van der Waals surface area (Å²) in [6.45, 7) is 2.90. The Morgan fingerprint density at radius 1 is 1.04 bits per heavy atom. The molecule has 0 saturated heterocycles. The van der Waals surface area contributed by atoms with Gasteiger partial charge in [0.1, 0.15) is 5.75 Å². The first-order valence-electron chi connectivity index (χ1n) is 7.96. The van der Waals surface area contributed by atoms with Crippen molar-refractivity contribution in [3.8, 4) is 5.75 Å². The number of benzene rings is 1. The van der Waals surface area contributed by atoms with Gasteiger partial charge in [0.25, 0.3) is 12.4 Å². The third-order valence-electron chi connectivity index (χ3n) is 4.29. The third kappa shape index (κ3) is 10.4. The van der Waals surface area contributed by atoms with Crippen LogP contribution in [-0.2, 0) is 8.98 Å². The van der Waals surface area contributed by atoms with E-state index in [-0.39, 0.29) is 41.9 Å². The van der Waals surface area contributed by atoms with Gasteiger partial charge in [0.2, 0.25) is 0 Å². The van der Waals surface area contributed by atoms with E-state index >= 15 is 0 Å². The molecule has 2 rings (SSSR count). The molecule has 0 spiro atoms. The average Bonchev–Trinajstić information content (AvgIpc) is 2.56. The zero-order valence-corrected chi connectivity index (χ0v) is 15.8. The molecule has 162 valence electrons. The fourth-order valence-electron chi connectivity index (χ4n) is 2.93. The normalized spacial score (nSPS) is 17.4. The molecule has 3 nitrogen and oxygen atoms in total. The van der Waals surface area contributed by atoms with Crippen molar-refractivity contribution in [2.24, 2.45) is 5.92 Å². The van der Waals surface area contributed by atoms with Gasteiger partial charge in [-0.15, -0.1) is 3.89 Å². The summed E-state index contributed by atoms with van der Waals surface area (Å²) in [6, 6.07) is 8.26. The summed E-state index contributed by atoms with van der Waals surface area (Å²) in [5, 5.41) is 0. The highest BCUT2D eigenvalue weighted by Gasteiger charge is 2.28. The fourth-order valence-corrected chi connectivity index (χ4v) is 3.13.